The van der Waals surface area contributed by atoms with Gasteiger partial charge in [0.25, 0.3) is 5.69 Å². The van der Waals surface area contributed by atoms with Crippen molar-refractivity contribution in [3.8, 4) is 0 Å². The molecule has 0 bridgehead atoms. The van der Waals surface area contributed by atoms with Gasteiger partial charge in [0.2, 0.25) is 0 Å². The second-order valence-corrected chi connectivity index (χ2v) is 5.99. The Kier molecular flexibility index (Phi) is 6.51. The van der Waals surface area contributed by atoms with Gasteiger partial charge in [-0.1, -0.05) is 34.8 Å². The molecule has 0 spiro atoms. The summed E-state index contributed by atoms with van der Waals surface area (Å²) >= 11 is 17.6. The Hall–Kier alpha value is -2.68. The Balaban J connectivity index is 2.03. The number of carbonyl (C=O) groups is 2. The largest absolute Gasteiger partial charge is 0.329 e. The van der Waals surface area contributed by atoms with E-state index >= 15 is 0 Å². The van der Waals surface area contributed by atoms with Crippen LogP contribution in [0.2, 0.25) is 15.1 Å². The fraction of sp³-hybridized carbons (Fsp3) is 0. The molecule has 0 aliphatic heterocycles. The second kappa shape index (κ2) is 8.61. The van der Waals surface area contributed by atoms with Gasteiger partial charge in [0.15, 0.2) is 0 Å². The third kappa shape index (κ3) is 5.16. The van der Waals surface area contributed by atoms with Crippen LogP contribution in [0.25, 0.3) is 0 Å². The summed E-state index contributed by atoms with van der Waals surface area (Å²) in [4.78, 5) is 33.7. The molecular formula is C15H9Cl3N4O4. The molecule has 0 radical (unpaired) electrons. The summed E-state index contributed by atoms with van der Waals surface area (Å²) in [5.41, 5.74) is 2.13. The lowest BCUT2D eigenvalue weighted by atomic mass is 10.2. The number of anilines is 1. The van der Waals surface area contributed by atoms with Gasteiger partial charge in [-0.05, 0) is 24.3 Å². The minimum absolute atomic E-state index is 0.157. The zero-order valence-corrected chi connectivity index (χ0v) is 15.0. The van der Waals surface area contributed by atoms with Crippen molar-refractivity contribution in [3.05, 3.63) is 67.1 Å². The summed E-state index contributed by atoms with van der Waals surface area (Å²) in [6.45, 7) is 0. The van der Waals surface area contributed by atoms with Gasteiger partial charge in [0, 0.05) is 27.7 Å². The predicted molar refractivity (Wildman–Crippen MR) is 98.9 cm³/mol. The van der Waals surface area contributed by atoms with Crippen molar-refractivity contribution in [1.29, 1.82) is 0 Å². The van der Waals surface area contributed by atoms with E-state index in [0.29, 0.717) is 5.02 Å². The first-order valence-electron chi connectivity index (χ1n) is 6.81. The Morgan fingerprint density at radius 2 is 1.73 bits per heavy atom. The highest BCUT2D eigenvalue weighted by atomic mass is 35.5. The third-order valence-corrected chi connectivity index (χ3v) is 3.85. The highest BCUT2D eigenvalue weighted by Crippen LogP contribution is 2.25. The number of hydrazone groups is 1. The van der Waals surface area contributed by atoms with E-state index in [1.807, 2.05) is 5.43 Å². The number of non-ortho nitro benzene ring substituents is 1. The molecular weight excluding hydrogens is 407 g/mol. The molecule has 8 nitrogen and oxygen atoms in total. The van der Waals surface area contributed by atoms with Gasteiger partial charge in [-0.3, -0.25) is 19.7 Å². The SMILES string of the molecule is O=C(N/N=C\c1cc([N+](=O)[O-])ccc1Cl)C(=O)Nc1cc(Cl)ccc1Cl. The van der Waals surface area contributed by atoms with Crippen LogP contribution in [-0.2, 0) is 9.59 Å². The quantitative estimate of drug-likeness (QED) is 0.343. The normalized spacial score (nSPS) is 10.6. The number of carbonyl (C=O) groups excluding carboxylic acids is 2. The lowest BCUT2D eigenvalue weighted by Crippen LogP contribution is -2.32. The molecule has 0 fully saturated rings. The molecule has 11 heteroatoms. The predicted octanol–water partition coefficient (Wildman–Crippen LogP) is 3.64. The maximum absolute atomic E-state index is 11.8. The maximum Gasteiger partial charge on any atom is 0.329 e. The molecule has 2 amide bonds. The van der Waals surface area contributed by atoms with Crippen LogP contribution in [0, 0.1) is 10.1 Å². The Labute approximate surface area is 161 Å². The Morgan fingerprint density at radius 3 is 2.42 bits per heavy atom. The number of hydrogen-bond acceptors (Lipinski definition) is 5. The van der Waals surface area contributed by atoms with Crippen LogP contribution in [-0.4, -0.2) is 23.0 Å². The molecule has 2 aromatic rings. The molecule has 0 aliphatic rings. The second-order valence-electron chi connectivity index (χ2n) is 4.74. The van der Waals surface area contributed by atoms with Gasteiger partial charge in [0.05, 0.1) is 21.8 Å². The van der Waals surface area contributed by atoms with Crippen molar-refractivity contribution in [1.82, 2.24) is 5.43 Å². The van der Waals surface area contributed by atoms with Crippen LogP contribution in [0.4, 0.5) is 11.4 Å². The standard InChI is InChI=1S/C15H9Cl3N4O4/c16-9-1-3-12(18)13(6-9)20-14(23)15(24)21-19-7-8-5-10(22(25)26)2-4-11(8)17/h1-7H,(H,20,23)(H,21,24)/b19-7-. The van der Waals surface area contributed by atoms with E-state index in [2.05, 4.69) is 10.4 Å². The molecule has 0 unspecified atom stereocenters. The summed E-state index contributed by atoms with van der Waals surface area (Å²) in [6.07, 6.45) is 1.08. The van der Waals surface area contributed by atoms with Crippen LogP contribution in [0.5, 0.6) is 0 Å². The van der Waals surface area contributed by atoms with Crippen LogP contribution in [0.1, 0.15) is 5.56 Å². The number of rotatable bonds is 4. The van der Waals surface area contributed by atoms with Crippen molar-refractivity contribution < 1.29 is 14.5 Å². The zero-order chi connectivity index (χ0) is 19.3. The molecule has 0 heterocycles. The molecule has 2 aromatic carbocycles. The average Bonchev–Trinajstić information content (AvgIpc) is 2.59. The number of amides is 2. The van der Waals surface area contributed by atoms with Crippen LogP contribution < -0.4 is 10.7 Å². The van der Waals surface area contributed by atoms with E-state index in [9.17, 15) is 19.7 Å². The molecule has 0 saturated carbocycles. The molecule has 2 rings (SSSR count). The first kappa shape index (κ1) is 19.6. The fourth-order valence-electron chi connectivity index (χ4n) is 1.73. The molecule has 134 valence electrons. The van der Waals surface area contributed by atoms with Gasteiger partial charge in [-0.25, -0.2) is 5.43 Å². The summed E-state index contributed by atoms with van der Waals surface area (Å²) < 4.78 is 0. The van der Waals surface area contributed by atoms with Crippen LogP contribution in [0.15, 0.2) is 41.5 Å². The van der Waals surface area contributed by atoms with E-state index in [1.54, 1.807) is 0 Å². The number of halogens is 3. The van der Waals surface area contributed by atoms with Crippen LogP contribution in [0.3, 0.4) is 0 Å². The minimum Gasteiger partial charge on any atom is -0.316 e. The first-order chi connectivity index (χ1) is 12.3. The van der Waals surface area contributed by atoms with E-state index in [4.69, 9.17) is 34.8 Å². The molecule has 0 aromatic heterocycles. The molecule has 0 atom stereocenters. The van der Waals surface area contributed by atoms with Gasteiger partial charge in [0.1, 0.15) is 0 Å². The number of nitro benzene ring substituents is 1. The summed E-state index contributed by atoms with van der Waals surface area (Å²) in [7, 11) is 0. The number of nitrogens with one attached hydrogen (secondary N) is 2. The Bertz CT molecular complexity index is 918. The maximum atomic E-state index is 11.8. The minimum atomic E-state index is -1.08. The zero-order valence-electron chi connectivity index (χ0n) is 12.7. The van der Waals surface area contributed by atoms with Gasteiger partial charge >= 0.3 is 11.8 Å². The fourth-order valence-corrected chi connectivity index (χ4v) is 2.23. The van der Waals surface area contributed by atoms with E-state index in [0.717, 1.165) is 6.21 Å². The summed E-state index contributed by atoms with van der Waals surface area (Å²) in [6, 6.07) is 8.06. The highest BCUT2D eigenvalue weighted by molar-refractivity contribution is 6.42. The van der Waals surface area contributed by atoms with E-state index < -0.39 is 16.7 Å². The van der Waals surface area contributed by atoms with Crippen molar-refractivity contribution in [3.63, 3.8) is 0 Å². The molecule has 2 N–H and O–H groups in total. The first-order valence-corrected chi connectivity index (χ1v) is 7.94. The number of nitro groups is 1. The van der Waals surface area contributed by atoms with Crippen molar-refractivity contribution >= 4 is 64.2 Å². The van der Waals surface area contributed by atoms with Crippen molar-refractivity contribution in [2.45, 2.75) is 0 Å². The van der Waals surface area contributed by atoms with E-state index in [-0.39, 0.29) is 27.0 Å². The van der Waals surface area contributed by atoms with Gasteiger partial charge in [-0.15, -0.1) is 0 Å². The van der Waals surface area contributed by atoms with Crippen molar-refractivity contribution in [2.75, 3.05) is 5.32 Å². The Morgan fingerprint density at radius 1 is 1.04 bits per heavy atom. The topological polar surface area (TPSA) is 114 Å². The molecule has 0 aliphatic carbocycles. The number of hydrogen-bond donors (Lipinski definition) is 2. The van der Waals surface area contributed by atoms with E-state index in [1.165, 1.54) is 36.4 Å². The third-order valence-electron chi connectivity index (χ3n) is 2.94. The van der Waals surface area contributed by atoms with Gasteiger partial charge < -0.3 is 5.32 Å². The summed E-state index contributed by atoms with van der Waals surface area (Å²) in [5, 5.41) is 17.3. The monoisotopic (exact) mass is 414 g/mol. The number of nitrogens with zero attached hydrogens (tertiary/aromatic N) is 2. The van der Waals surface area contributed by atoms with Gasteiger partial charge in [-0.2, -0.15) is 5.10 Å². The smallest absolute Gasteiger partial charge is 0.316 e. The average molecular weight is 416 g/mol. The van der Waals surface area contributed by atoms with Crippen LogP contribution >= 0.6 is 34.8 Å². The molecule has 26 heavy (non-hydrogen) atoms. The lowest BCUT2D eigenvalue weighted by Gasteiger charge is -2.06. The highest BCUT2D eigenvalue weighted by Gasteiger charge is 2.15. The molecule has 0 saturated heterocycles. The summed E-state index contributed by atoms with van der Waals surface area (Å²) in [5.74, 6) is -2.12. The number of benzene rings is 2. The lowest BCUT2D eigenvalue weighted by molar-refractivity contribution is -0.384. The van der Waals surface area contributed by atoms with Crippen molar-refractivity contribution in [2.24, 2.45) is 5.10 Å².